The monoisotopic (exact) mass is 373 g/mol. The molecular formula is C20H27N3O4. The van der Waals surface area contributed by atoms with Gasteiger partial charge in [0.2, 0.25) is 11.8 Å². The molecule has 2 aliphatic rings. The first-order chi connectivity index (χ1) is 13.0. The molecule has 146 valence electrons. The second kappa shape index (κ2) is 8.52. The molecule has 0 spiro atoms. The summed E-state index contributed by atoms with van der Waals surface area (Å²) in [6, 6.07) is 6.62. The zero-order valence-electron chi connectivity index (χ0n) is 15.7. The lowest BCUT2D eigenvalue weighted by atomic mass is 9.95. The normalized spacial score (nSPS) is 21.7. The van der Waals surface area contributed by atoms with Crippen molar-refractivity contribution in [3.63, 3.8) is 0 Å². The Kier molecular flexibility index (Phi) is 6.11. The van der Waals surface area contributed by atoms with Crippen molar-refractivity contribution in [3.05, 3.63) is 24.3 Å². The van der Waals surface area contributed by atoms with Crippen LogP contribution in [0, 0.1) is 5.92 Å². The van der Waals surface area contributed by atoms with Crippen molar-refractivity contribution in [2.75, 3.05) is 24.6 Å². The van der Waals surface area contributed by atoms with Gasteiger partial charge in [0.25, 0.3) is 5.91 Å². The van der Waals surface area contributed by atoms with E-state index in [1.165, 1.54) is 4.90 Å². The van der Waals surface area contributed by atoms with E-state index in [4.69, 9.17) is 10.5 Å². The quantitative estimate of drug-likeness (QED) is 0.580. The van der Waals surface area contributed by atoms with Crippen LogP contribution in [0.25, 0.3) is 0 Å². The van der Waals surface area contributed by atoms with Gasteiger partial charge in [0.1, 0.15) is 5.75 Å². The average Bonchev–Trinajstić information content (AvgIpc) is 2.97. The molecule has 3 rings (SSSR count). The molecule has 2 heterocycles. The summed E-state index contributed by atoms with van der Waals surface area (Å²) >= 11 is 0. The number of unbranched alkanes of at least 4 members (excludes halogenated alkanes) is 1. The van der Waals surface area contributed by atoms with Gasteiger partial charge >= 0.3 is 0 Å². The Morgan fingerprint density at radius 3 is 2.44 bits per heavy atom. The zero-order chi connectivity index (χ0) is 19.4. The Balaban J connectivity index is 1.63. The number of piperidine rings is 1. The molecule has 2 saturated heterocycles. The number of likely N-dealkylation sites (tertiary alicyclic amines) is 1. The predicted molar refractivity (Wildman–Crippen MR) is 101 cm³/mol. The highest BCUT2D eigenvalue weighted by molar-refractivity contribution is 6.22. The fourth-order valence-electron chi connectivity index (χ4n) is 3.69. The number of nitrogens with two attached hydrogens (primary N) is 1. The minimum atomic E-state index is -0.452. The van der Waals surface area contributed by atoms with Crippen LogP contribution in [0.3, 0.4) is 0 Å². The lowest BCUT2D eigenvalue weighted by Gasteiger charge is -2.33. The van der Waals surface area contributed by atoms with Crippen molar-refractivity contribution in [1.82, 2.24) is 4.90 Å². The van der Waals surface area contributed by atoms with Gasteiger partial charge in [0.05, 0.1) is 24.8 Å². The number of imide groups is 1. The van der Waals surface area contributed by atoms with Gasteiger partial charge in [-0.2, -0.15) is 0 Å². The number of primary amides is 1. The van der Waals surface area contributed by atoms with Crippen molar-refractivity contribution >= 4 is 23.4 Å². The van der Waals surface area contributed by atoms with E-state index in [9.17, 15) is 14.4 Å². The summed E-state index contributed by atoms with van der Waals surface area (Å²) in [6.07, 6.45) is 3.49. The molecule has 2 aliphatic heterocycles. The van der Waals surface area contributed by atoms with E-state index in [0.717, 1.165) is 18.6 Å². The van der Waals surface area contributed by atoms with E-state index in [1.807, 2.05) is 4.90 Å². The molecule has 0 aromatic heterocycles. The van der Waals surface area contributed by atoms with Crippen LogP contribution in [0.15, 0.2) is 24.3 Å². The molecule has 0 aliphatic carbocycles. The minimum absolute atomic E-state index is 0.134. The molecule has 0 bridgehead atoms. The third-order valence-electron chi connectivity index (χ3n) is 5.36. The van der Waals surface area contributed by atoms with Crippen LogP contribution in [0.4, 0.5) is 5.69 Å². The largest absolute Gasteiger partial charge is 0.494 e. The van der Waals surface area contributed by atoms with Crippen LogP contribution < -0.4 is 15.4 Å². The number of carbonyl (C=O) groups is 3. The molecule has 3 amide bonds. The third-order valence-corrected chi connectivity index (χ3v) is 5.36. The maximum absolute atomic E-state index is 12.9. The fraction of sp³-hybridized carbons (Fsp3) is 0.550. The van der Waals surface area contributed by atoms with E-state index in [0.29, 0.717) is 38.2 Å². The zero-order valence-corrected chi connectivity index (χ0v) is 15.7. The Bertz CT molecular complexity index is 696. The number of rotatable bonds is 7. The molecule has 0 saturated carbocycles. The number of carbonyl (C=O) groups excluding carboxylic acids is 3. The molecule has 7 nitrogen and oxygen atoms in total. The van der Waals surface area contributed by atoms with Gasteiger partial charge in [-0.15, -0.1) is 0 Å². The van der Waals surface area contributed by atoms with Crippen LogP contribution in [-0.2, 0) is 14.4 Å². The molecule has 27 heavy (non-hydrogen) atoms. The lowest BCUT2D eigenvalue weighted by Crippen LogP contribution is -2.47. The van der Waals surface area contributed by atoms with Gasteiger partial charge in [0, 0.05) is 5.92 Å². The average molecular weight is 373 g/mol. The second-order valence-electron chi connectivity index (χ2n) is 7.20. The van der Waals surface area contributed by atoms with Crippen molar-refractivity contribution in [1.29, 1.82) is 0 Å². The van der Waals surface area contributed by atoms with E-state index in [-0.39, 0.29) is 30.1 Å². The third kappa shape index (κ3) is 4.30. The number of amides is 3. The predicted octanol–water partition coefficient (Wildman–Crippen LogP) is 1.69. The maximum Gasteiger partial charge on any atom is 0.251 e. The van der Waals surface area contributed by atoms with Crippen LogP contribution in [0.1, 0.15) is 39.0 Å². The number of ether oxygens (including phenoxy) is 1. The first-order valence-electron chi connectivity index (χ1n) is 9.64. The summed E-state index contributed by atoms with van der Waals surface area (Å²) in [7, 11) is 0. The van der Waals surface area contributed by atoms with Gasteiger partial charge in [-0.25, -0.2) is 4.90 Å². The topological polar surface area (TPSA) is 92.9 Å². The smallest absolute Gasteiger partial charge is 0.251 e. The van der Waals surface area contributed by atoms with Gasteiger partial charge < -0.3 is 10.5 Å². The van der Waals surface area contributed by atoms with Crippen molar-refractivity contribution in [2.45, 2.75) is 45.1 Å². The van der Waals surface area contributed by atoms with Crippen molar-refractivity contribution in [3.8, 4) is 5.75 Å². The van der Waals surface area contributed by atoms with Crippen LogP contribution in [-0.4, -0.2) is 48.4 Å². The standard InChI is InChI=1S/C20H27N3O4/c1-2-3-12-27-16-6-4-15(5-7-16)23-18(24)13-17(20(23)26)22-10-8-14(9-11-22)19(21)25/h4-7,14,17H,2-3,8-13H2,1H3,(H2,21,25)/t17-/m1/s1. The lowest BCUT2D eigenvalue weighted by molar-refractivity contribution is -0.124. The molecule has 7 heteroatoms. The summed E-state index contributed by atoms with van der Waals surface area (Å²) in [4.78, 5) is 39.9. The Morgan fingerprint density at radius 2 is 1.85 bits per heavy atom. The Morgan fingerprint density at radius 1 is 1.19 bits per heavy atom. The molecule has 0 unspecified atom stereocenters. The van der Waals surface area contributed by atoms with Gasteiger partial charge in [0.15, 0.2) is 0 Å². The molecule has 1 aromatic carbocycles. The van der Waals surface area contributed by atoms with E-state index >= 15 is 0 Å². The number of hydrogen-bond donors (Lipinski definition) is 1. The molecule has 1 atom stereocenters. The van der Waals surface area contributed by atoms with Gasteiger partial charge in [-0.05, 0) is 56.6 Å². The SMILES string of the molecule is CCCCOc1ccc(N2C(=O)C[C@@H](N3CCC(C(N)=O)CC3)C2=O)cc1. The van der Waals surface area contributed by atoms with Crippen LogP contribution in [0.5, 0.6) is 5.75 Å². The molecule has 2 fully saturated rings. The van der Waals surface area contributed by atoms with Gasteiger partial charge in [-0.1, -0.05) is 13.3 Å². The first-order valence-corrected chi connectivity index (χ1v) is 9.64. The highest BCUT2D eigenvalue weighted by Crippen LogP contribution is 2.29. The van der Waals surface area contributed by atoms with Crippen LogP contribution in [0.2, 0.25) is 0 Å². The van der Waals surface area contributed by atoms with Crippen molar-refractivity contribution < 1.29 is 19.1 Å². The summed E-state index contributed by atoms with van der Waals surface area (Å²) < 4.78 is 5.63. The minimum Gasteiger partial charge on any atom is -0.494 e. The number of nitrogens with zero attached hydrogens (tertiary/aromatic N) is 2. The number of benzene rings is 1. The first kappa shape index (κ1) is 19.4. The second-order valence-corrected chi connectivity index (χ2v) is 7.20. The Hall–Kier alpha value is -2.41. The highest BCUT2D eigenvalue weighted by Gasteiger charge is 2.43. The van der Waals surface area contributed by atoms with E-state index in [2.05, 4.69) is 6.92 Å². The summed E-state index contributed by atoms with van der Waals surface area (Å²) in [5, 5.41) is 0. The molecular weight excluding hydrogens is 346 g/mol. The molecule has 1 aromatic rings. The van der Waals surface area contributed by atoms with E-state index in [1.54, 1.807) is 24.3 Å². The highest BCUT2D eigenvalue weighted by atomic mass is 16.5. The summed E-state index contributed by atoms with van der Waals surface area (Å²) in [5.41, 5.74) is 5.94. The molecule has 0 radical (unpaired) electrons. The Labute approximate surface area is 159 Å². The van der Waals surface area contributed by atoms with E-state index < -0.39 is 6.04 Å². The summed E-state index contributed by atoms with van der Waals surface area (Å²) in [5.74, 6) is -0.0774. The van der Waals surface area contributed by atoms with Crippen molar-refractivity contribution in [2.24, 2.45) is 11.7 Å². The number of hydrogen-bond acceptors (Lipinski definition) is 5. The summed E-state index contributed by atoms with van der Waals surface area (Å²) in [6.45, 7) is 3.97. The maximum atomic E-state index is 12.9. The van der Waals surface area contributed by atoms with Gasteiger partial charge in [-0.3, -0.25) is 19.3 Å². The molecule has 2 N–H and O–H groups in total. The number of anilines is 1. The van der Waals surface area contributed by atoms with Crippen LogP contribution >= 0.6 is 0 Å². The fourth-order valence-corrected chi connectivity index (χ4v) is 3.69.